The van der Waals surface area contributed by atoms with Crippen molar-refractivity contribution in [2.75, 3.05) is 6.54 Å². The van der Waals surface area contributed by atoms with E-state index in [1.807, 2.05) is 12.1 Å². The molecular formula is C16H24FN. The lowest BCUT2D eigenvalue weighted by molar-refractivity contribution is 0.000549. The van der Waals surface area contributed by atoms with Crippen molar-refractivity contribution in [3.8, 4) is 0 Å². The molecule has 0 amide bonds. The second-order valence-corrected chi connectivity index (χ2v) is 6.14. The van der Waals surface area contributed by atoms with Crippen LogP contribution in [-0.2, 0) is 0 Å². The van der Waals surface area contributed by atoms with Crippen LogP contribution in [0, 0.1) is 17.2 Å². The molecule has 0 radical (unpaired) electrons. The van der Waals surface area contributed by atoms with E-state index in [0.717, 1.165) is 6.54 Å². The number of benzene rings is 1. The van der Waals surface area contributed by atoms with Gasteiger partial charge in [0, 0.05) is 6.04 Å². The fraction of sp³-hybridized carbons (Fsp3) is 0.625. The third-order valence-corrected chi connectivity index (χ3v) is 4.50. The number of hydrogen-bond donors (Lipinski definition) is 1. The minimum absolute atomic E-state index is 0.149. The summed E-state index contributed by atoms with van der Waals surface area (Å²) in [5, 5.41) is 3.65. The molecule has 1 aliphatic rings. The van der Waals surface area contributed by atoms with Gasteiger partial charge in [0.05, 0.1) is 0 Å². The second kappa shape index (κ2) is 5.00. The minimum atomic E-state index is -0.149. The number of nitrogens with one attached hydrogen (secondary N) is 1. The van der Waals surface area contributed by atoms with E-state index >= 15 is 0 Å². The summed E-state index contributed by atoms with van der Waals surface area (Å²) in [7, 11) is 0. The van der Waals surface area contributed by atoms with E-state index in [0.29, 0.717) is 17.9 Å². The number of rotatable bonds is 4. The van der Waals surface area contributed by atoms with Gasteiger partial charge < -0.3 is 5.32 Å². The molecule has 2 heteroatoms. The minimum Gasteiger partial charge on any atom is -0.313 e. The predicted octanol–water partition coefficient (Wildman–Crippen LogP) is 3.95. The van der Waals surface area contributed by atoms with Crippen molar-refractivity contribution >= 4 is 0 Å². The maximum Gasteiger partial charge on any atom is 0.123 e. The molecule has 3 atom stereocenters. The third kappa shape index (κ3) is 2.18. The largest absolute Gasteiger partial charge is 0.313 e. The van der Waals surface area contributed by atoms with E-state index in [9.17, 15) is 4.39 Å². The summed E-state index contributed by atoms with van der Waals surface area (Å²) >= 11 is 0. The normalized spacial score (nSPS) is 29.9. The molecular weight excluding hydrogens is 225 g/mol. The van der Waals surface area contributed by atoms with E-state index < -0.39 is 0 Å². The van der Waals surface area contributed by atoms with Gasteiger partial charge in [0.25, 0.3) is 0 Å². The van der Waals surface area contributed by atoms with Gasteiger partial charge in [-0.25, -0.2) is 4.39 Å². The van der Waals surface area contributed by atoms with Crippen LogP contribution in [0.5, 0.6) is 0 Å². The molecule has 1 N–H and O–H groups in total. The molecule has 0 heterocycles. The fourth-order valence-corrected chi connectivity index (χ4v) is 3.77. The van der Waals surface area contributed by atoms with Crippen LogP contribution < -0.4 is 5.32 Å². The highest BCUT2D eigenvalue weighted by Gasteiger charge is 2.53. The summed E-state index contributed by atoms with van der Waals surface area (Å²) < 4.78 is 13.0. The monoisotopic (exact) mass is 249 g/mol. The summed E-state index contributed by atoms with van der Waals surface area (Å²) in [6, 6.07) is 7.59. The van der Waals surface area contributed by atoms with Gasteiger partial charge in [-0.1, -0.05) is 39.8 Å². The van der Waals surface area contributed by atoms with Gasteiger partial charge in [-0.15, -0.1) is 0 Å². The Hall–Kier alpha value is -0.890. The first-order chi connectivity index (χ1) is 8.48. The van der Waals surface area contributed by atoms with E-state index in [1.165, 1.54) is 12.0 Å². The summed E-state index contributed by atoms with van der Waals surface area (Å²) in [6.07, 6.45) is 1.17. The van der Waals surface area contributed by atoms with Gasteiger partial charge in [0.1, 0.15) is 5.82 Å². The topological polar surface area (TPSA) is 12.0 Å². The molecule has 0 bridgehead atoms. The Kier molecular flexibility index (Phi) is 3.76. The first-order valence-corrected chi connectivity index (χ1v) is 6.97. The van der Waals surface area contributed by atoms with Crippen LogP contribution >= 0.6 is 0 Å². The fourth-order valence-electron chi connectivity index (χ4n) is 3.77. The van der Waals surface area contributed by atoms with Crippen LogP contribution in [0.2, 0.25) is 0 Å². The average molecular weight is 249 g/mol. The number of hydrogen-bond acceptors (Lipinski definition) is 1. The van der Waals surface area contributed by atoms with E-state index in [2.05, 4.69) is 33.0 Å². The molecule has 1 aliphatic carbocycles. The summed E-state index contributed by atoms with van der Waals surface area (Å²) in [5.41, 5.74) is 1.51. The first kappa shape index (κ1) is 13.5. The van der Waals surface area contributed by atoms with Crippen molar-refractivity contribution in [3.05, 3.63) is 35.6 Å². The molecule has 3 unspecified atom stereocenters. The maximum absolute atomic E-state index is 13.0. The zero-order valence-corrected chi connectivity index (χ0v) is 11.8. The molecule has 1 nitrogen and oxygen atoms in total. The van der Waals surface area contributed by atoms with Crippen molar-refractivity contribution in [3.63, 3.8) is 0 Å². The molecule has 1 aromatic rings. The predicted molar refractivity (Wildman–Crippen MR) is 74.2 cm³/mol. The molecule has 0 aliphatic heterocycles. The molecule has 1 fully saturated rings. The van der Waals surface area contributed by atoms with Crippen LogP contribution in [0.15, 0.2) is 24.3 Å². The van der Waals surface area contributed by atoms with Crippen LogP contribution in [0.1, 0.15) is 45.6 Å². The van der Waals surface area contributed by atoms with Crippen molar-refractivity contribution < 1.29 is 4.39 Å². The summed E-state index contributed by atoms with van der Waals surface area (Å²) in [6.45, 7) is 10.2. The van der Waals surface area contributed by atoms with Crippen molar-refractivity contribution in [2.24, 2.45) is 11.3 Å². The summed E-state index contributed by atoms with van der Waals surface area (Å²) in [5.74, 6) is 0.980. The molecule has 2 rings (SSSR count). The lowest BCUT2D eigenvalue weighted by atomic mass is 9.50. The van der Waals surface area contributed by atoms with Gasteiger partial charge in [0.2, 0.25) is 0 Å². The smallest absolute Gasteiger partial charge is 0.123 e. The maximum atomic E-state index is 13.0. The Labute approximate surface area is 110 Å². The third-order valence-electron chi connectivity index (χ3n) is 4.50. The highest BCUT2D eigenvalue weighted by Crippen LogP contribution is 2.56. The van der Waals surface area contributed by atoms with Gasteiger partial charge in [-0.2, -0.15) is 0 Å². The zero-order valence-electron chi connectivity index (χ0n) is 11.8. The number of halogens is 1. The van der Waals surface area contributed by atoms with E-state index in [4.69, 9.17) is 0 Å². The molecule has 0 aromatic heterocycles. The first-order valence-electron chi connectivity index (χ1n) is 6.97. The Morgan fingerprint density at radius 1 is 1.22 bits per heavy atom. The molecule has 1 aromatic carbocycles. The highest BCUT2D eigenvalue weighted by molar-refractivity contribution is 5.29. The van der Waals surface area contributed by atoms with Crippen LogP contribution in [-0.4, -0.2) is 12.6 Å². The molecule has 18 heavy (non-hydrogen) atoms. The Bertz CT molecular complexity index is 396. The highest BCUT2D eigenvalue weighted by atomic mass is 19.1. The lowest BCUT2D eigenvalue weighted by Crippen LogP contribution is -2.61. The Morgan fingerprint density at radius 2 is 1.83 bits per heavy atom. The van der Waals surface area contributed by atoms with Gasteiger partial charge in [0.15, 0.2) is 0 Å². The van der Waals surface area contributed by atoms with Crippen molar-refractivity contribution in [2.45, 2.75) is 46.1 Å². The quantitative estimate of drug-likeness (QED) is 0.852. The Balaban J connectivity index is 2.14. The van der Waals surface area contributed by atoms with E-state index in [1.54, 1.807) is 12.1 Å². The molecule has 100 valence electrons. The van der Waals surface area contributed by atoms with Gasteiger partial charge in [-0.05, 0) is 47.9 Å². The zero-order chi connectivity index (χ0) is 13.3. The molecule has 1 saturated carbocycles. The lowest BCUT2D eigenvalue weighted by Gasteiger charge is -2.58. The van der Waals surface area contributed by atoms with Crippen molar-refractivity contribution in [1.29, 1.82) is 0 Å². The van der Waals surface area contributed by atoms with Crippen molar-refractivity contribution in [1.82, 2.24) is 5.32 Å². The second-order valence-electron chi connectivity index (χ2n) is 6.14. The van der Waals surface area contributed by atoms with E-state index in [-0.39, 0.29) is 11.2 Å². The van der Waals surface area contributed by atoms with Crippen LogP contribution in [0.3, 0.4) is 0 Å². The standard InChI is InChI=1S/C16H24FN/c1-5-10-18-15-11(2)14(16(15,3)4)12-6-8-13(17)9-7-12/h6-9,11,14-15,18H,5,10H2,1-4H3. The average Bonchev–Trinajstić information content (AvgIpc) is 2.32. The molecule has 0 spiro atoms. The van der Waals surface area contributed by atoms with Gasteiger partial charge in [-0.3, -0.25) is 0 Å². The van der Waals surface area contributed by atoms with Crippen LogP contribution in [0.4, 0.5) is 4.39 Å². The Morgan fingerprint density at radius 3 is 2.33 bits per heavy atom. The molecule has 0 saturated heterocycles. The van der Waals surface area contributed by atoms with Crippen LogP contribution in [0.25, 0.3) is 0 Å². The van der Waals surface area contributed by atoms with Gasteiger partial charge >= 0.3 is 0 Å². The summed E-state index contributed by atoms with van der Waals surface area (Å²) in [4.78, 5) is 0. The SMILES string of the molecule is CCCNC1C(C)C(c2ccc(F)cc2)C1(C)C.